The largest absolute Gasteiger partial charge is 0.366 e. The maximum absolute atomic E-state index is 11.4. The summed E-state index contributed by atoms with van der Waals surface area (Å²) in [7, 11) is 0. The molecule has 0 atom stereocenters. The van der Waals surface area contributed by atoms with Crippen LogP contribution in [0.25, 0.3) is 0 Å². The number of nitrogens with one attached hydrogen (secondary N) is 3. The number of carbonyl (C=O) groups excluding carboxylic acids is 1. The lowest BCUT2D eigenvalue weighted by Gasteiger charge is -1.96. The molecule has 10 heteroatoms. The first-order valence-corrected chi connectivity index (χ1v) is 3.94. The molecule has 0 radical (unpaired) electrons. The Hall–Kier alpha value is -2.52. The molecule has 0 unspecified atom stereocenters. The Balaban J connectivity index is 1.93. The van der Waals surface area contributed by atoms with Crippen molar-refractivity contribution < 1.29 is 4.79 Å². The van der Waals surface area contributed by atoms with Crippen LogP contribution in [-0.2, 0) is 6.54 Å². The van der Waals surface area contributed by atoms with Crippen molar-refractivity contribution in [2.75, 3.05) is 5.73 Å². The molecule has 0 aliphatic rings. The Morgan fingerprint density at radius 2 is 2.33 bits per heavy atom. The summed E-state index contributed by atoms with van der Waals surface area (Å²) in [4.78, 5) is 15.0. The van der Waals surface area contributed by atoms with Gasteiger partial charge < -0.3 is 11.1 Å². The molecule has 5 N–H and O–H groups in total. The van der Waals surface area contributed by atoms with E-state index < -0.39 is 5.91 Å². The van der Waals surface area contributed by atoms with Gasteiger partial charge in [0.15, 0.2) is 5.82 Å². The van der Waals surface area contributed by atoms with Crippen molar-refractivity contribution in [3.8, 4) is 0 Å². The average molecular weight is 209 g/mol. The van der Waals surface area contributed by atoms with Gasteiger partial charge in [0.25, 0.3) is 5.91 Å². The van der Waals surface area contributed by atoms with Crippen molar-refractivity contribution in [3.63, 3.8) is 0 Å². The Labute approximate surface area is 82.7 Å². The molecule has 0 fully saturated rings. The van der Waals surface area contributed by atoms with E-state index in [4.69, 9.17) is 5.73 Å². The summed E-state index contributed by atoms with van der Waals surface area (Å²) in [6.45, 7) is 0.149. The number of nitrogens with two attached hydrogens (primary N) is 1. The zero-order valence-corrected chi connectivity index (χ0v) is 7.43. The molecule has 15 heavy (non-hydrogen) atoms. The molecule has 2 rings (SSSR count). The predicted molar refractivity (Wildman–Crippen MR) is 46.1 cm³/mol. The van der Waals surface area contributed by atoms with Gasteiger partial charge in [0.1, 0.15) is 0 Å². The van der Waals surface area contributed by atoms with Gasteiger partial charge in [0.05, 0.1) is 6.54 Å². The molecule has 78 valence electrons. The molecule has 0 aromatic carbocycles. The Bertz CT molecular complexity index is 445. The van der Waals surface area contributed by atoms with E-state index >= 15 is 0 Å². The van der Waals surface area contributed by atoms with Crippen molar-refractivity contribution in [3.05, 3.63) is 11.6 Å². The number of H-pyrrole nitrogens is 2. The Morgan fingerprint density at radius 3 is 2.93 bits per heavy atom. The standard InChI is InChI=1S/C5H7N9O/c6-5-8-3(11-12-5)4(15)7-1-2-9-13-14-10-2/h1H2,(H,7,15)(H3,6,8,11,12)(H,9,10,13,14). The summed E-state index contributed by atoms with van der Waals surface area (Å²) in [5, 5.41) is 21.3. The van der Waals surface area contributed by atoms with Crippen LogP contribution in [0.2, 0.25) is 0 Å². The molecule has 0 aliphatic carbocycles. The highest BCUT2D eigenvalue weighted by Gasteiger charge is 2.10. The number of anilines is 1. The van der Waals surface area contributed by atoms with Gasteiger partial charge in [0.2, 0.25) is 11.8 Å². The fourth-order valence-electron chi connectivity index (χ4n) is 0.877. The van der Waals surface area contributed by atoms with Gasteiger partial charge >= 0.3 is 0 Å². The number of tetrazole rings is 1. The molecule has 0 spiro atoms. The number of nitrogens with zero attached hydrogens (tertiary/aromatic N) is 5. The smallest absolute Gasteiger partial charge is 0.289 e. The van der Waals surface area contributed by atoms with Crippen molar-refractivity contribution >= 4 is 11.9 Å². The predicted octanol–water partition coefficient (Wildman–Crippen LogP) is -2.17. The number of amides is 1. The first-order valence-electron chi connectivity index (χ1n) is 3.94. The van der Waals surface area contributed by atoms with Crippen LogP contribution in [-0.4, -0.2) is 41.7 Å². The number of carbonyl (C=O) groups is 1. The highest BCUT2D eigenvalue weighted by Crippen LogP contribution is 1.93. The van der Waals surface area contributed by atoms with Crippen LogP contribution in [0.4, 0.5) is 5.95 Å². The van der Waals surface area contributed by atoms with Gasteiger partial charge in [-0.05, 0) is 0 Å². The lowest BCUT2D eigenvalue weighted by Crippen LogP contribution is -2.24. The third-order valence-corrected chi connectivity index (χ3v) is 1.51. The van der Waals surface area contributed by atoms with Crippen molar-refractivity contribution in [2.45, 2.75) is 6.54 Å². The van der Waals surface area contributed by atoms with Crippen LogP contribution in [0.5, 0.6) is 0 Å². The zero-order valence-electron chi connectivity index (χ0n) is 7.43. The summed E-state index contributed by atoms with van der Waals surface area (Å²) >= 11 is 0. The van der Waals surface area contributed by atoms with Gasteiger partial charge in [-0.25, -0.2) is 0 Å². The van der Waals surface area contributed by atoms with Gasteiger partial charge in [0, 0.05) is 0 Å². The highest BCUT2D eigenvalue weighted by molar-refractivity contribution is 5.90. The van der Waals surface area contributed by atoms with Crippen LogP contribution in [0.15, 0.2) is 0 Å². The third kappa shape index (κ3) is 2.04. The van der Waals surface area contributed by atoms with Crippen LogP contribution in [0.3, 0.4) is 0 Å². The van der Waals surface area contributed by atoms with Crippen LogP contribution in [0.1, 0.15) is 16.4 Å². The van der Waals surface area contributed by atoms with Crippen molar-refractivity contribution in [1.82, 2.24) is 41.1 Å². The summed E-state index contributed by atoms with van der Waals surface area (Å²) in [6, 6.07) is 0. The number of hydrogen-bond acceptors (Lipinski definition) is 7. The van der Waals surface area contributed by atoms with E-state index in [1.165, 1.54) is 0 Å². The minimum absolute atomic E-state index is 0.0136. The monoisotopic (exact) mass is 209 g/mol. The fourth-order valence-corrected chi connectivity index (χ4v) is 0.877. The first-order chi connectivity index (χ1) is 7.25. The molecule has 0 saturated heterocycles. The molecule has 0 saturated carbocycles. The lowest BCUT2D eigenvalue weighted by molar-refractivity contribution is 0.0940. The molecule has 0 bridgehead atoms. The fraction of sp³-hybridized carbons (Fsp3) is 0.200. The van der Waals surface area contributed by atoms with Gasteiger partial charge in [-0.1, -0.05) is 5.21 Å². The van der Waals surface area contributed by atoms with Crippen LogP contribution < -0.4 is 11.1 Å². The average Bonchev–Trinajstić information content (AvgIpc) is 2.84. The number of nitrogen functional groups attached to an aromatic ring is 1. The molecule has 10 nitrogen and oxygen atoms in total. The van der Waals surface area contributed by atoms with Gasteiger partial charge in [-0.2, -0.15) is 10.2 Å². The van der Waals surface area contributed by atoms with E-state index in [1.807, 2.05) is 0 Å². The van der Waals surface area contributed by atoms with E-state index in [-0.39, 0.29) is 18.3 Å². The zero-order chi connectivity index (χ0) is 10.7. The maximum atomic E-state index is 11.4. The van der Waals surface area contributed by atoms with Crippen molar-refractivity contribution in [1.29, 1.82) is 0 Å². The quantitative estimate of drug-likeness (QED) is 0.448. The topological polar surface area (TPSA) is 151 Å². The minimum atomic E-state index is -0.441. The first kappa shape index (κ1) is 9.05. The molecule has 2 aromatic heterocycles. The molecular weight excluding hydrogens is 202 g/mol. The third-order valence-electron chi connectivity index (χ3n) is 1.51. The Morgan fingerprint density at radius 1 is 1.47 bits per heavy atom. The number of aromatic amines is 2. The second kappa shape index (κ2) is 3.69. The summed E-state index contributed by atoms with van der Waals surface area (Å²) in [6.07, 6.45) is 0. The lowest BCUT2D eigenvalue weighted by atomic mass is 10.5. The molecule has 0 aliphatic heterocycles. The van der Waals surface area contributed by atoms with Gasteiger partial charge in [-0.3, -0.25) is 9.89 Å². The molecule has 2 aromatic rings. The van der Waals surface area contributed by atoms with Crippen molar-refractivity contribution in [2.24, 2.45) is 0 Å². The summed E-state index contributed by atoms with van der Waals surface area (Å²) in [5.74, 6) is -0.0180. The maximum Gasteiger partial charge on any atom is 0.289 e. The number of hydrogen-bond donors (Lipinski definition) is 4. The SMILES string of the molecule is Nc1n[nH]c(C(=O)NCc2nn[nH]n2)n1. The summed E-state index contributed by atoms with van der Waals surface area (Å²) < 4.78 is 0. The van der Waals surface area contributed by atoms with Crippen LogP contribution in [0, 0.1) is 0 Å². The normalized spacial score (nSPS) is 10.1. The number of aromatic nitrogens is 7. The molecular formula is C5H7N9O. The van der Waals surface area contributed by atoms with E-state index in [0.717, 1.165) is 0 Å². The van der Waals surface area contributed by atoms with Gasteiger partial charge in [-0.15, -0.1) is 15.3 Å². The van der Waals surface area contributed by atoms with E-state index in [0.29, 0.717) is 5.82 Å². The second-order valence-corrected chi connectivity index (χ2v) is 2.55. The van der Waals surface area contributed by atoms with Crippen LogP contribution >= 0.6 is 0 Å². The second-order valence-electron chi connectivity index (χ2n) is 2.55. The van der Waals surface area contributed by atoms with E-state index in [9.17, 15) is 4.79 Å². The highest BCUT2D eigenvalue weighted by atomic mass is 16.2. The number of rotatable bonds is 3. The minimum Gasteiger partial charge on any atom is -0.366 e. The van der Waals surface area contributed by atoms with E-state index in [2.05, 4.69) is 41.1 Å². The summed E-state index contributed by atoms with van der Waals surface area (Å²) in [5.41, 5.74) is 5.23. The Kier molecular flexibility index (Phi) is 2.23. The van der Waals surface area contributed by atoms with E-state index in [1.54, 1.807) is 0 Å². The molecule has 2 heterocycles. The molecule has 1 amide bonds.